The second-order valence-corrected chi connectivity index (χ2v) is 7.12. The molecule has 0 aromatic heterocycles. The number of carbonyl (C=O) groups excluding carboxylic acids is 2. The van der Waals surface area contributed by atoms with Crippen LogP contribution >= 0.6 is 0 Å². The highest BCUT2D eigenvalue weighted by Gasteiger charge is 2.37. The van der Waals surface area contributed by atoms with Crippen molar-refractivity contribution in [2.45, 2.75) is 51.8 Å². The molecule has 6 heteroatoms. The normalized spacial score (nSPS) is 17.7. The van der Waals surface area contributed by atoms with E-state index in [9.17, 15) is 14.0 Å². The first-order valence-electron chi connectivity index (χ1n) is 8.17. The molecule has 0 saturated carbocycles. The number of likely N-dealkylation sites (N-methyl/N-ethyl adjacent to an activating group) is 1. The number of halogens is 1. The Hall–Kier alpha value is -2.11. The van der Waals surface area contributed by atoms with Crippen molar-refractivity contribution in [1.29, 1.82) is 0 Å². The highest BCUT2D eigenvalue weighted by Crippen LogP contribution is 2.23. The zero-order chi connectivity index (χ0) is 17.9. The molecule has 1 saturated heterocycles. The van der Waals surface area contributed by atoms with Gasteiger partial charge in [-0.05, 0) is 39.7 Å². The predicted octanol–water partition coefficient (Wildman–Crippen LogP) is 3.18. The molecule has 1 aliphatic heterocycles. The molecule has 5 nitrogen and oxygen atoms in total. The average molecular weight is 336 g/mol. The van der Waals surface area contributed by atoms with Crippen LogP contribution in [0.3, 0.4) is 0 Å². The van der Waals surface area contributed by atoms with Crippen LogP contribution in [-0.2, 0) is 16.1 Å². The molecule has 1 heterocycles. The molecule has 0 bridgehead atoms. The quantitative estimate of drug-likeness (QED) is 0.852. The Morgan fingerprint density at radius 2 is 2.00 bits per heavy atom. The smallest absolute Gasteiger partial charge is 0.410 e. The van der Waals surface area contributed by atoms with Gasteiger partial charge in [-0.15, -0.1) is 0 Å². The van der Waals surface area contributed by atoms with E-state index in [4.69, 9.17) is 4.74 Å². The summed E-state index contributed by atoms with van der Waals surface area (Å²) in [4.78, 5) is 27.9. The van der Waals surface area contributed by atoms with Gasteiger partial charge in [-0.3, -0.25) is 9.69 Å². The van der Waals surface area contributed by atoms with Crippen molar-refractivity contribution >= 4 is 12.0 Å². The van der Waals surface area contributed by atoms with Crippen molar-refractivity contribution in [2.24, 2.45) is 0 Å². The van der Waals surface area contributed by atoms with Crippen LogP contribution in [0, 0.1) is 5.82 Å². The number of carbonyl (C=O) groups is 2. The largest absolute Gasteiger partial charge is 0.444 e. The Kier molecular flexibility index (Phi) is 5.47. The van der Waals surface area contributed by atoms with Crippen LogP contribution in [0.25, 0.3) is 0 Å². The monoisotopic (exact) mass is 336 g/mol. The Morgan fingerprint density at radius 1 is 1.33 bits per heavy atom. The van der Waals surface area contributed by atoms with E-state index >= 15 is 0 Å². The number of amides is 2. The van der Waals surface area contributed by atoms with Gasteiger partial charge in [0, 0.05) is 25.7 Å². The lowest BCUT2D eigenvalue weighted by Gasteiger charge is -2.30. The molecule has 1 aliphatic rings. The van der Waals surface area contributed by atoms with Gasteiger partial charge in [-0.2, -0.15) is 0 Å². The fourth-order valence-electron chi connectivity index (χ4n) is 2.78. The molecule has 1 aromatic carbocycles. The summed E-state index contributed by atoms with van der Waals surface area (Å²) >= 11 is 0. The van der Waals surface area contributed by atoms with E-state index in [0.29, 0.717) is 18.5 Å². The Morgan fingerprint density at radius 3 is 2.62 bits per heavy atom. The molecule has 0 aliphatic carbocycles. The molecule has 0 N–H and O–H groups in total. The number of hydrogen-bond acceptors (Lipinski definition) is 3. The molecule has 2 amide bonds. The van der Waals surface area contributed by atoms with E-state index in [1.807, 2.05) is 0 Å². The van der Waals surface area contributed by atoms with Crippen LogP contribution in [0.2, 0.25) is 0 Å². The lowest BCUT2D eigenvalue weighted by molar-refractivity contribution is -0.135. The van der Waals surface area contributed by atoms with Crippen molar-refractivity contribution < 1.29 is 18.7 Å². The molecule has 0 radical (unpaired) electrons. The van der Waals surface area contributed by atoms with Gasteiger partial charge in [0.15, 0.2) is 0 Å². The van der Waals surface area contributed by atoms with Crippen LogP contribution in [-0.4, -0.2) is 47.0 Å². The summed E-state index contributed by atoms with van der Waals surface area (Å²) < 4.78 is 19.1. The van der Waals surface area contributed by atoms with E-state index in [1.54, 1.807) is 46.0 Å². The average Bonchev–Trinajstić information content (AvgIpc) is 2.96. The van der Waals surface area contributed by atoms with Crippen LogP contribution in [0.1, 0.15) is 39.2 Å². The fourth-order valence-corrected chi connectivity index (χ4v) is 2.78. The maximum Gasteiger partial charge on any atom is 0.410 e. The first kappa shape index (κ1) is 18.2. The molecule has 1 aromatic rings. The van der Waals surface area contributed by atoms with Crippen molar-refractivity contribution in [2.75, 3.05) is 13.6 Å². The van der Waals surface area contributed by atoms with Gasteiger partial charge >= 0.3 is 6.09 Å². The number of rotatable bonds is 3. The molecular weight excluding hydrogens is 311 g/mol. The van der Waals surface area contributed by atoms with Gasteiger partial charge in [0.2, 0.25) is 5.91 Å². The predicted molar refractivity (Wildman–Crippen MR) is 88.8 cm³/mol. The minimum atomic E-state index is -0.605. The molecular formula is C18H25FN2O3. The van der Waals surface area contributed by atoms with Gasteiger partial charge in [-0.1, -0.05) is 18.2 Å². The number of likely N-dealkylation sites (tertiary alicyclic amines) is 1. The van der Waals surface area contributed by atoms with E-state index in [1.165, 1.54) is 15.9 Å². The minimum absolute atomic E-state index is 0.171. The molecule has 1 fully saturated rings. The van der Waals surface area contributed by atoms with Crippen molar-refractivity contribution in [1.82, 2.24) is 9.80 Å². The van der Waals surface area contributed by atoms with E-state index < -0.39 is 17.7 Å². The third kappa shape index (κ3) is 4.46. The molecule has 0 unspecified atom stereocenters. The summed E-state index contributed by atoms with van der Waals surface area (Å²) in [5, 5.41) is 0. The summed E-state index contributed by atoms with van der Waals surface area (Å²) in [6.45, 7) is 6.05. The highest BCUT2D eigenvalue weighted by molar-refractivity contribution is 5.86. The molecule has 132 valence electrons. The van der Waals surface area contributed by atoms with Crippen LogP contribution in [0.4, 0.5) is 9.18 Å². The van der Waals surface area contributed by atoms with E-state index in [2.05, 4.69) is 0 Å². The second kappa shape index (κ2) is 7.20. The lowest BCUT2D eigenvalue weighted by Crippen LogP contribution is -2.47. The molecule has 1 atom stereocenters. The first-order valence-corrected chi connectivity index (χ1v) is 8.17. The van der Waals surface area contributed by atoms with Crippen molar-refractivity contribution in [3.05, 3.63) is 35.6 Å². The van der Waals surface area contributed by atoms with E-state index in [-0.39, 0.29) is 18.3 Å². The zero-order valence-corrected chi connectivity index (χ0v) is 14.7. The van der Waals surface area contributed by atoms with Gasteiger partial charge in [-0.25, -0.2) is 9.18 Å². The van der Waals surface area contributed by atoms with Crippen LogP contribution in [0.15, 0.2) is 24.3 Å². The van der Waals surface area contributed by atoms with Crippen molar-refractivity contribution in [3.63, 3.8) is 0 Å². The summed E-state index contributed by atoms with van der Waals surface area (Å²) in [6, 6.07) is 5.83. The number of hydrogen-bond donors (Lipinski definition) is 0. The first-order chi connectivity index (χ1) is 11.2. The van der Waals surface area contributed by atoms with Crippen LogP contribution in [0.5, 0.6) is 0 Å². The van der Waals surface area contributed by atoms with Crippen LogP contribution < -0.4 is 0 Å². The maximum absolute atomic E-state index is 13.8. The van der Waals surface area contributed by atoms with Gasteiger partial charge < -0.3 is 9.64 Å². The number of ether oxygens (including phenoxy) is 1. The summed E-state index contributed by atoms with van der Waals surface area (Å²) in [5.74, 6) is -0.533. The summed E-state index contributed by atoms with van der Waals surface area (Å²) in [5.41, 5.74) is -0.151. The lowest BCUT2D eigenvalue weighted by atomic mass is 10.1. The third-order valence-electron chi connectivity index (χ3n) is 3.91. The SMILES string of the molecule is CN(Cc1ccccc1F)C(=O)[C@H]1CCCN1C(=O)OC(C)(C)C. The Balaban J connectivity index is 2.04. The molecule has 0 spiro atoms. The number of benzene rings is 1. The highest BCUT2D eigenvalue weighted by atomic mass is 19.1. The van der Waals surface area contributed by atoms with Gasteiger partial charge in [0.05, 0.1) is 0 Å². The Labute approximate surface area is 142 Å². The fraction of sp³-hybridized carbons (Fsp3) is 0.556. The Bertz CT molecular complexity index is 613. The number of nitrogens with zero attached hydrogens (tertiary/aromatic N) is 2. The summed E-state index contributed by atoms with van der Waals surface area (Å²) in [6.07, 6.45) is 0.876. The van der Waals surface area contributed by atoms with Gasteiger partial charge in [0.1, 0.15) is 17.5 Å². The molecule has 24 heavy (non-hydrogen) atoms. The van der Waals surface area contributed by atoms with Crippen molar-refractivity contribution in [3.8, 4) is 0 Å². The third-order valence-corrected chi connectivity index (χ3v) is 3.91. The van der Waals surface area contributed by atoms with Gasteiger partial charge in [0.25, 0.3) is 0 Å². The minimum Gasteiger partial charge on any atom is -0.444 e. The second-order valence-electron chi connectivity index (χ2n) is 7.12. The zero-order valence-electron chi connectivity index (χ0n) is 14.7. The summed E-state index contributed by atoms with van der Waals surface area (Å²) in [7, 11) is 1.63. The maximum atomic E-state index is 13.8. The topological polar surface area (TPSA) is 49.9 Å². The molecule has 2 rings (SSSR count). The van der Waals surface area contributed by atoms with E-state index in [0.717, 1.165) is 6.42 Å². The standard InChI is InChI=1S/C18H25FN2O3/c1-18(2,3)24-17(23)21-11-7-10-15(21)16(22)20(4)12-13-8-5-6-9-14(13)19/h5-6,8-9,15H,7,10-12H2,1-4H3/t15-/m1/s1.